The highest BCUT2D eigenvalue weighted by Crippen LogP contribution is 2.15. The average molecular weight is 300 g/mol. The summed E-state index contributed by atoms with van der Waals surface area (Å²) in [6.07, 6.45) is 0. The van der Waals surface area contributed by atoms with Gasteiger partial charge in [0.15, 0.2) is 0 Å². The maximum absolute atomic E-state index is 12.0. The summed E-state index contributed by atoms with van der Waals surface area (Å²) in [5.41, 5.74) is 0.759. The lowest BCUT2D eigenvalue weighted by molar-refractivity contribution is 0.0872. The zero-order chi connectivity index (χ0) is 15.3. The van der Waals surface area contributed by atoms with Gasteiger partial charge in [-0.05, 0) is 38.5 Å². The number of carbonyl (C=O) groups excluding carboxylic acids is 1. The van der Waals surface area contributed by atoms with Crippen LogP contribution in [-0.4, -0.2) is 33.6 Å². The number of aryl methyl sites for hydroxylation is 1. The van der Waals surface area contributed by atoms with Crippen molar-refractivity contribution >= 4 is 15.9 Å². The van der Waals surface area contributed by atoms with Gasteiger partial charge in [0, 0.05) is 18.2 Å². The molecule has 1 unspecified atom stereocenters. The van der Waals surface area contributed by atoms with Crippen molar-refractivity contribution in [2.24, 2.45) is 5.14 Å². The molecular weight excluding hydrogens is 280 g/mol. The Balaban J connectivity index is 2.90. The predicted molar refractivity (Wildman–Crippen MR) is 76.0 cm³/mol. The molecule has 0 fully saturated rings. The van der Waals surface area contributed by atoms with Gasteiger partial charge in [-0.2, -0.15) is 0 Å². The van der Waals surface area contributed by atoms with Crippen LogP contribution in [0.15, 0.2) is 23.1 Å². The first kappa shape index (κ1) is 16.6. The van der Waals surface area contributed by atoms with Gasteiger partial charge >= 0.3 is 0 Å². The zero-order valence-corrected chi connectivity index (χ0v) is 12.7. The van der Waals surface area contributed by atoms with Crippen molar-refractivity contribution in [3.63, 3.8) is 0 Å². The van der Waals surface area contributed by atoms with Gasteiger partial charge in [-0.3, -0.25) is 4.79 Å². The van der Waals surface area contributed by atoms with Gasteiger partial charge in [-0.1, -0.05) is 6.07 Å². The van der Waals surface area contributed by atoms with Crippen LogP contribution in [0.2, 0.25) is 0 Å². The summed E-state index contributed by atoms with van der Waals surface area (Å²) in [5, 5.41) is 7.84. The van der Waals surface area contributed by atoms with Gasteiger partial charge in [0.05, 0.1) is 11.5 Å². The Morgan fingerprint density at radius 3 is 2.65 bits per heavy atom. The lowest BCUT2D eigenvalue weighted by Crippen LogP contribution is -2.36. The first-order valence-electron chi connectivity index (χ1n) is 6.27. The molecule has 0 aliphatic heterocycles. The van der Waals surface area contributed by atoms with Gasteiger partial charge in [0.2, 0.25) is 10.0 Å². The van der Waals surface area contributed by atoms with Gasteiger partial charge in [0.25, 0.3) is 5.91 Å². The second-order valence-electron chi connectivity index (χ2n) is 4.56. The maximum atomic E-state index is 12.0. The molecule has 20 heavy (non-hydrogen) atoms. The van der Waals surface area contributed by atoms with E-state index >= 15 is 0 Å². The molecule has 0 aliphatic carbocycles. The van der Waals surface area contributed by atoms with Crippen molar-refractivity contribution < 1.29 is 17.9 Å². The van der Waals surface area contributed by atoms with Crippen LogP contribution in [0, 0.1) is 6.92 Å². The second kappa shape index (κ2) is 6.83. The van der Waals surface area contributed by atoms with Crippen LogP contribution in [0.1, 0.15) is 29.8 Å². The van der Waals surface area contributed by atoms with Crippen LogP contribution in [0.5, 0.6) is 0 Å². The summed E-state index contributed by atoms with van der Waals surface area (Å²) in [4.78, 5) is 12.0. The summed E-state index contributed by atoms with van der Waals surface area (Å²) >= 11 is 0. The van der Waals surface area contributed by atoms with Crippen LogP contribution in [-0.2, 0) is 14.8 Å². The van der Waals surface area contributed by atoms with Crippen molar-refractivity contribution in [3.8, 4) is 0 Å². The smallest absolute Gasteiger partial charge is 0.251 e. The molecule has 0 bridgehead atoms. The lowest BCUT2D eigenvalue weighted by atomic mass is 10.1. The summed E-state index contributed by atoms with van der Waals surface area (Å²) in [6.45, 7) is 6.27. The highest BCUT2D eigenvalue weighted by Gasteiger charge is 2.16. The van der Waals surface area contributed by atoms with E-state index in [1.54, 1.807) is 19.1 Å². The van der Waals surface area contributed by atoms with Crippen LogP contribution in [0.4, 0.5) is 0 Å². The van der Waals surface area contributed by atoms with Crippen LogP contribution >= 0.6 is 0 Å². The Morgan fingerprint density at radius 1 is 1.45 bits per heavy atom. The highest BCUT2D eigenvalue weighted by atomic mass is 32.2. The van der Waals surface area contributed by atoms with Crippen LogP contribution in [0.3, 0.4) is 0 Å². The fraction of sp³-hybridized carbons (Fsp3) is 0.462. The van der Waals surface area contributed by atoms with E-state index in [4.69, 9.17) is 9.88 Å². The molecule has 1 amide bonds. The summed E-state index contributed by atoms with van der Waals surface area (Å²) in [5.74, 6) is -0.359. The lowest BCUT2D eigenvalue weighted by Gasteiger charge is -2.14. The minimum Gasteiger partial charge on any atom is -0.380 e. The van der Waals surface area contributed by atoms with E-state index in [2.05, 4.69) is 5.32 Å². The Labute approximate surface area is 119 Å². The second-order valence-corrected chi connectivity index (χ2v) is 6.09. The van der Waals surface area contributed by atoms with Crippen molar-refractivity contribution in [2.75, 3.05) is 13.2 Å². The quantitative estimate of drug-likeness (QED) is 0.811. The van der Waals surface area contributed by atoms with Crippen LogP contribution < -0.4 is 10.5 Å². The molecule has 0 saturated heterocycles. The number of amides is 1. The van der Waals surface area contributed by atoms with E-state index in [9.17, 15) is 13.2 Å². The maximum Gasteiger partial charge on any atom is 0.251 e. The predicted octanol–water partition coefficient (Wildman–Crippen LogP) is 0.797. The van der Waals surface area contributed by atoms with Gasteiger partial charge in [-0.15, -0.1) is 0 Å². The fourth-order valence-corrected chi connectivity index (χ4v) is 2.50. The summed E-state index contributed by atoms with van der Waals surface area (Å²) in [7, 11) is -3.84. The number of nitrogens with two attached hydrogens (primary N) is 1. The zero-order valence-electron chi connectivity index (χ0n) is 11.8. The monoisotopic (exact) mass is 300 g/mol. The first-order valence-corrected chi connectivity index (χ1v) is 7.82. The van der Waals surface area contributed by atoms with E-state index in [0.29, 0.717) is 18.8 Å². The number of sulfonamides is 1. The minimum atomic E-state index is -3.84. The molecule has 1 rings (SSSR count). The third-order valence-electron chi connectivity index (χ3n) is 2.71. The Hall–Kier alpha value is -1.44. The third kappa shape index (κ3) is 4.59. The Kier molecular flexibility index (Phi) is 5.67. The molecular formula is C13H20N2O4S. The molecule has 1 aromatic rings. The third-order valence-corrected chi connectivity index (χ3v) is 3.76. The van der Waals surface area contributed by atoms with Crippen molar-refractivity contribution in [1.29, 1.82) is 0 Å². The number of carbonyl (C=O) groups is 1. The van der Waals surface area contributed by atoms with Crippen molar-refractivity contribution in [1.82, 2.24) is 5.32 Å². The van der Waals surface area contributed by atoms with Crippen molar-refractivity contribution in [2.45, 2.75) is 31.7 Å². The van der Waals surface area contributed by atoms with E-state index in [1.165, 1.54) is 6.07 Å². The van der Waals surface area contributed by atoms with Gasteiger partial charge in [-0.25, -0.2) is 13.6 Å². The van der Waals surface area contributed by atoms with E-state index in [-0.39, 0.29) is 22.4 Å². The van der Waals surface area contributed by atoms with E-state index in [1.807, 2.05) is 13.8 Å². The topological polar surface area (TPSA) is 98.5 Å². The van der Waals surface area contributed by atoms with E-state index < -0.39 is 10.0 Å². The molecule has 0 radical (unpaired) electrons. The molecule has 0 aliphatic rings. The molecule has 0 spiro atoms. The standard InChI is InChI=1S/C13H20N2O4S/c1-4-19-8-10(3)15-13(16)11-6-5-9(2)12(7-11)20(14,17)18/h5-7,10H,4,8H2,1-3H3,(H,15,16)(H2,14,17,18). The number of hydrogen-bond donors (Lipinski definition) is 2. The molecule has 0 heterocycles. The minimum absolute atomic E-state index is 0.0392. The molecule has 3 N–H and O–H groups in total. The number of nitrogens with one attached hydrogen (secondary N) is 1. The first-order chi connectivity index (χ1) is 9.25. The molecule has 1 atom stereocenters. The highest BCUT2D eigenvalue weighted by molar-refractivity contribution is 7.89. The summed E-state index contributed by atoms with van der Waals surface area (Å²) in [6, 6.07) is 4.24. The molecule has 112 valence electrons. The number of primary sulfonamides is 1. The molecule has 6 nitrogen and oxygen atoms in total. The molecule has 7 heteroatoms. The number of rotatable bonds is 6. The summed E-state index contributed by atoms with van der Waals surface area (Å²) < 4.78 is 28.0. The normalized spacial score (nSPS) is 13.0. The van der Waals surface area contributed by atoms with E-state index in [0.717, 1.165) is 0 Å². The molecule has 0 aromatic heterocycles. The fourth-order valence-electron chi connectivity index (χ4n) is 1.69. The molecule has 0 saturated carbocycles. The number of benzene rings is 1. The van der Waals surface area contributed by atoms with Gasteiger partial charge < -0.3 is 10.1 Å². The SMILES string of the molecule is CCOCC(C)NC(=O)c1ccc(C)c(S(N)(=O)=O)c1. The Morgan fingerprint density at radius 2 is 2.10 bits per heavy atom. The Bertz CT molecular complexity index is 584. The average Bonchev–Trinajstić information content (AvgIpc) is 2.35. The number of hydrogen-bond acceptors (Lipinski definition) is 4. The molecule has 1 aromatic carbocycles. The largest absolute Gasteiger partial charge is 0.380 e. The number of ether oxygens (including phenoxy) is 1. The van der Waals surface area contributed by atoms with Gasteiger partial charge in [0.1, 0.15) is 0 Å². The van der Waals surface area contributed by atoms with Crippen molar-refractivity contribution in [3.05, 3.63) is 29.3 Å². The van der Waals surface area contributed by atoms with Crippen LogP contribution in [0.25, 0.3) is 0 Å².